The topological polar surface area (TPSA) is 55.4 Å². The van der Waals surface area contributed by atoms with Gasteiger partial charge in [-0.05, 0) is 41.5 Å². The molecule has 0 aliphatic carbocycles. The van der Waals surface area contributed by atoms with Gasteiger partial charge in [-0.25, -0.2) is 4.79 Å². The van der Waals surface area contributed by atoms with Gasteiger partial charge in [0.2, 0.25) is 0 Å². The first kappa shape index (κ1) is 16.2. The molecule has 2 aromatic rings. The van der Waals surface area contributed by atoms with Crippen molar-refractivity contribution in [1.29, 1.82) is 0 Å². The van der Waals surface area contributed by atoms with Crippen molar-refractivity contribution in [3.63, 3.8) is 0 Å². The van der Waals surface area contributed by atoms with Gasteiger partial charge >= 0.3 is 5.97 Å². The lowest BCUT2D eigenvalue weighted by Gasteiger charge is -2.10. The Hall–Kier alpha value is -2.14. The van der Waals surface area contributed by atoms with E-state index in [1.165, 1.54) is 16.9 Å². The van der Waals surface area contributed by atoms with Crippen LogP contribution in [0.1, 0.15) is 41.4 Å². The zero-order chi connectivity index (χ0) is 15.9. The summed E-state index contributed by atoms with van der Waals surface area (Å²) in [6.07, 6.45) is 1.07. The van der Waals surface area contributed by atoms with Crippen molar-refractivity contribution >= 4 is 28.9 Å². The minimum Gasteiger partial charge on any atom is -0.451 e. The third kappa shape index (κ3) is 4.43. The van der Waals surface area contributed by atoms with Crippen LogP contribution >= 0.6 is 11.3 Å². The van der Waals surface area contributed by atoms with Gasteiger partial charge in [-0.15, -0.1) is 11.3 Å². The lowest BCUT2D eigenvalue weighted by atomic mass is 9.99. The highest BCUT2D eigenvalue weighted by molar-refractivity contribution is 7.11. The quantitative estimate of drug-likeness (QED) is 0.818. The molecular formula is C17H19NO3S. The van der Waals surface area contributed by atoms with Crippen LogP contribution in [0.15, 0.2) is 41.8 Å². The normalized spacial score (nSPS) is 11.7. The predicted octanol–water partition coefficient (Wildman–Crippen LogP) is 4.06. The molecule has 2 rings (SSSR count). The van der Waals surface area contributed by atoms with E-state index in [-0.39, 0.29) is 12.5 Å². The number of amides is 1. The standard InChI is InChI=1S/C17H19NO3S/c1-3-12(2)13-6-8-14(9-7-13)18-16(19)11-21-17(20)15-5-4-10-22-15/h4-10,12H,3,11H2,1-2H3,(H,18,19)/t12-/m0/s1. The molecule has 0 saturated carbocycles. The average Bonchev–Trinajstić information content (AvgIpc) is 3.07. The van der Waals surface area contributed by atoms with E-state index in [9.17, 15) is 9.59 Å². The van der Waals surface area contributed by atoms with Crippen LogP contribution in [0.5, 0.6) is 0 Å². The molecule has 1 heterocycles. The number of hydrogen-bond donors (Lipinski definition) is 1. The van der Waals surface area contributed by atoms with Crippen LogP contribution in [-0.2, 0) is 9.53 Å². The fourth-order valence-electron chi connectivity index (χ4n) is 1.92. The number of thiophene rings is 1. The Bertz CT molecular complexity index is 620. The second-order valence-corrected chi connectivity index (χ2v) is 5.98. The smallest absolute Gasteiger partial charge is 0.348 e. The van der Waals surface area contributed by atoms with Crippen molar-refractivity contribution in [3.05, 3.63) is 52.2 Å². The molecule has 0 aliphatic rings. The molecule has 1 aromatic heterocycles. The Kier molecular flexibility index (Phi) is 5.72. The summed E-state index contributed by atoms with van der Waals surface area (Å²) in [5, 5.41) is 4.50. The molecule has 0 bridgehead atoms. The summed E-state index contributed by atoms with van der Waals surface area (Å²) in [6, 6.07) is 11.2. The fraction of sp³-hybridized carbons (Fsp3) is 0.294. The van der Waals surface area contributed by atoms with Crippen LogP contribution in [0.25, 0.3) is 0 Å². The first-order valence-corrected chi connectivity index (χ1v) is 8.08. The van der Waals surface area contributed by atoms with E-state index < -0.39 is 5.97 Å². The summed E-state index contributed by atoms with van der Waals surface area (Å²) in [5.74, 6) is -0.324. The van der Waals surface area contributed by atoms with Crippen LogP contribution in [-0.4, -0.2) is 18.5 Å². The second-order valence-electron chi connectivity index (χ2n) is 5.03. The third-order valence-electron chi connectivity index (χ3n) is 3.43. The van der Waals surface area contributed by atoms with Gasteiger partial charge in [0.05, 0.1) is 0 Å². The summed E-state index contributed by atoms with van der Waals surface area (Å²) in [5.41, 5.74) is 1.94. The third-order valence-corrected chi connectivity index (χ3v) is 4.28. The molecule has 0 unspecified atom stereocenters. The fourth-order valence-corrected chi connectivity index (χ4v) is 2.54. The molecule has 1 N–H and O–H groups in total. The number of esters is 1. The van der Waals surface area contributed by atoms with Crippen LogP contribution in [0, 0.1) is 0 Å². The zero-order valence-electron chi connectivity index (χ0n) is 12.7. The van der Waals surface area contributed by atoms with E-state index >= 15 is 0 Å². The molecule has 0 fully saturated rings. The Balaban J connectivity index is 1.83. The van der Waals surface area contributed by atoms with E-state index in [1.54, 1.807) is 17.5 Å². The van der Waals surface area contributed by atoms with E-state index in [1.807, 2.05) is 24.3 Å². The molecule has 5 heteroatoms. The Morgan fingerprint density at radius 2 is 1.95 bits per heavy atom. The first-order valence-electron chi connectivity index (χ1n) is 7.20. The number of carbonyl (C=O) groups excluding carboxylic acids is 2. The maximum Gasteiger partial charge on any atom is 0.348 e. The largest absolute Gasteiger partial charge is 0.451 e. The van der Waals surface area contributed by atoms with Gasteiger partial charge in [0.1, 0.15) is 4.88 Å². The highest BCUT2D eigenvalue weighted by Gasteiger charge is 2.11. The molecule has 0 radical (unpaired) electrons. The van der Waals surface area contributed by atoms with Gasteiger partial charge in [0, 0.05) is 5.69 Å². The summed E-state index contributed by atoms with van der Waals surface area (Å²) in [6.45, 7) is 4.02. The molecule has 1 atom stereocenters. The first-order chi connectivity index (χ1) is 10.6. The van der Waals surface area contributed by atoms with Crippen molar-refractivity contribution in [2.45, 2.75) is 26.2 Å². The van der Waals surface area contributed by atoms with Gasteiger partial charge in [0.15, 0.2) is 6.61 Å². The van der Waals surface area contributed by atoms with Gasteiger partial charge in [-0.1, -0.05) is 32.0 Å². The van der Waals surface area contributed by atoms with Crippen LogP contribution in [0.4, 0.5) is 5.69 Å². The summed E-state index contributed by atoms with van der Waals surface area (Å²) < 4.78 is 4.96. The Morgan fingerprint density at radius 1 is 1.23 bits per heavy atom. The molecule has 22 heavy (non-hydrogen) atoms. The van der Waals surface area contributed by atoms with Crippen LogP contribution in [0.3, 0.4) is 0 Å². The molecular weight excluding hydrogens is 298 g/mol. The molecule has 0 spiro atoms. The number of benzene rings is 1. The maximum absolute atomic E-state index is 11.8. The van der Waals surface area contributed by atoms with Gasteiger partial charge < -0.3 is 10.1 Å². The average molecular weight is 317 g/mol. The molecule has 0 aliphatic heterocycles. The molecule has 116 valence electrons. The Morgan fingerprint density at radius 3 is 2.55 bits per heavy atom. The summed E-state index contributed by atoms with van der Waals surface area (Å²) in [7, 11) is 0. The molecule has 1 amide bonds. The minimum atomic E-state index is -0.475. The van der Waals surface area contributed by atoms with Crippen molar-refractivity contribution in [1.82, 2.24) is 0 Å². The maximum atomic E-state index is 11.8. The Labute approximate surface area is 134 Å². The monoisotopic (exact) mass is 317 g/mol. The van der Waals surface area contributed by atoms with Crippen molar-refractivity contribution in [3.8, 4) is 0 Å². The highest BCUT2D eigenvalue weighted by atomic mass is 32.1. The van der Waals surface area contributed by atoms with Gasteiger partial charge in [0.25, 0.3) is 5.91 Å². The number of anilines is 1. The highest BCUT2D eigenvalue weighted by Crippen LogP contribution is 2.20. The lowest BCUT2D eigenvalue weighted by molar-refractivity contribution is -0.119. The number of ether oxygens (including phenoxy) is 1. The zero-order valence-corrected chi connectivity index (χ0v) is 13.5. The van der Waals surface area contributed by atoms with Gasteiger partial charge in [-0.3, -0.25) is 4.79 Å². The van der Waals surface area contributed by atoms with Gasteiger partial charge in [-0.2, -0.15) is 0 Å². The minimum absolute atomic E-state index is 0.288. The van der Waals surface area contributed by atoms with E-state index in [0.717, 1.165) is 6.42 Å². The molecule has 1 aromatic carbocycles. The number of nitrogens with one attached hydrogen (secondary N) is 1. The van der Waals surface area contributed by atoms with Crippen molar-refractivity contribution < 1.29 is 14.3 Å². The van der Waals surface area contributed by atoms with Crippen molar-refractivity contribution in [2.75, 3.05) is 11.9 Å². The number of carbonyl (C=O) groups is 2. The van der Waals surface area contributed by atoms with Crippen molar-refractivity contribution in [2.24, 2.45) is 0 Å². The number of hydrogen-bond acceptors (Lipinski definition) is 4. The van der Waals surface area contributed by atoms with E-state index in [4.69, 9.17) is 4.74 Å². The van der Waals surface area contributed by atoms with Crippen LogP contribution < -0.4 is 5.32 Å². The van der Waals surface area contributed by atoms with Crippen LogP contribution in [0.2, 0.25) is 0 Å². The van der Waals surface area contributed by atoms with E-state index in [2.05, 4.69) is 19.2 Å². The van der Waals surface area contributed by atoms with E-state index in [0.29, 0.717) is 16.5 Å². The summed E-state index contributed by atoms with van der Waals surface area (Å²) in [4.78, 5) is 23.9. The molecule has 0 saturated heterocycles. The predicted molar refractivity (Wildman–Crippen MR) is 88.4 cm³/mol. The number of rotatable bonds is 6. The summed E-state index contributed by atoms with van der Waals surface area (Å²) >= 11 is 1.29. The SMILES string of the molecule is CC[C@H](C)c1ccc(NC(=O)COC(=O)c2cccs2)cc1. The second kappa shape index (κ2) is 7.75. The molecule has 4 nitrogen and oxygen atoms in total. The lowest BCUT2D eigenvalue weighted by Crippen LogP contribution is -2.20.